The number of amides is 2. The number of aryl methyl sites for hydroxylation is 2. The molecule has 2 amide bonds. The summed E-state index contributed by atoms with van der Waals surface area (Å²) in [7, 11) is 9.43. The van der Waals surface area contributed by atoms with Crippen LogP contribution in [-0.4, -0.2) is 108 Å². The van der Waals surface area contributed by atoms with E-state index in [9.17, 15) is 9.59 Å². The van der Waals surface area contributed by atoms with Gasteiger partial charge in [0.15, 0.2) is 34.4 Å². The maximum absolute atomic E-state index is 15.5. The van der Waals surface area contributed by atoms with Gasteiger partial charge in [0.25, 0.3) is 0 Å². The summed E-state index contributed by atoms with van der Waals surface area (Å²) in [5.74, 6) is 0.159. The number of anilines is 2. The normalized spacial score (nSPS) is 15.2. The van der Waals surface area contributed by atoms with Gasteiger partial charge in [-0.25, -0.2) is 28.7 Å². The summed E-state index contributed by atoms with van der Waals surface area (Å²) in [6, 6.07) is 12.8. The van der Waals surface area contributed by atoms with E-state index in [2.05, 4.69) is 40.8 Å². The molecule has 8 heterocycles. The van der Waals surface area contributed by atoms with Gasteiger partial charge in [0.2, 0.25) is 11.8 Å². The summed E-state index contributed by atoms with van der Waals surface area (Å²) in [5.41, 5.74) is 5.81. The number of rotatable bonds is 13. The minimum atomic E-state index is -0.607. The lowest BCUT2D eigenvalue weighted by Gasteiger charge is -2.28. The molecule has 0 spiro atoms. The Kier molecular flexibility index (Phi) is 16.2. The molecular formula is C48H52F2N14O6S2. The van der Waals surface area contributed by atoms with Crippen LogP contribution in [0.1, 0.15) is 25.7 Å². The Balaban J connectivity index is 0.000000206. The second-order valence-corrected chi connectivity index (χ2v) is 16.5. The van der Waals surface area contributed by atoms with Crippen LogP contribution in [0, 0.1) is 11.6 Å². The number of ether oxygens (including phenoxy) is 4. The summed E-state index contributed by atoms with van der Waals surface area (Å²) >= 11 is 0. The van der Waals surface area contributed by atoms with Gasteiger partial charge >= 0.3 is 0 Å². The number of nitrogens with zero attached hydrogens (tertiary/aromatic N) is 12. The van der Waals surface area contributed by atoms with E-state index in [1.54, 1.807) is 69.4 Å². The standard InChI is InChI=1S/2C24H24FN7O3.2H2S/c1-31-12-14(10-27-31)18-11-26-17-5-6-21(30-24(17)29-18)32(13-15-4-7-22(33)28-15)19-8-16(34-2)9-20(35-3)23(19)25;1-31-12-14(10-27-31)19-11-26-17-5-6-21(29-18-8-16(34-2)9-20(35-3)23(18)25)32(24(17)30-19)13-15-4-7-22(33)28-15;;/h2*5-6,8-12,15H,4,7,13H2,1-3H3,(H,28,33);2*1H2. The van der Waals surface area contributed by atoms with E-state index in [1.165, 1.54) is 46.6 Å². The van der Waals surface area contributed by atoms with Crippen LogP contribution >= 0.6 is 27.0 Å². The Hall–Kier alpha value is -7.86. The van der Waals surface area contributed by atoms with Crippen molar-refractivity contribution in [2.75, 3.05) is 39.9 Å². The lowest BCUT2D eigenvalue weighted by molar-refractivity contribution is -0.120. The molecule has 2 unspecified atom stereocenters. The van der Waals surface area contributed by atoms with Crippen molar-refractivity contribution in [2.24, 2.45) is 19.1 Å². The van der Waals surface area contributed by atoms with Crippen molar-refractivity contribution in [1.82, 2.24) is 59.7 Å². The molecule has 72 heavy (non-hydrogen) atoms. The molecule has 0 radical (unpaired) electrons. The average molecular weight is 1020 g/mol. The quantitative estimate of drug-likeness (QED) is 0.141. The summed E-state index contributed by atoms with van der Waals surface area (Å²) in [6.07, 6.45) is 12.6. The Bertz CT molecular complexity index is 3350. The first-order valence-electron chi connectivity index (χ1n) is 22.1. The second kappa shape index (κ2) is 22.5. The van der Waals surface area contributed by atoms with Crippen molar-refractivity contribution in [2.45, 2.75) is 44.3 Å². The van der Waals surface area contributed by atoms with Gasteiger partial charge in [-0.05, 0) is 37.1 Å². The summed E-state index contributed by atoms with van der Waals surface area (Å²) < 4.78 is 56.9. The number of hydrogen-bond donors (Lipinski definition) is 2. The molecule has 2 aliphatic rings. The third kappa shape index (κ3) is 11.2. The number of pyridine rings is 2. The van der Waals surface area contributed by atoms with Crippen LogP contribution in [0.15, 0.2) is 90.7 Å². The van der Waals surface area contributed by atoms with Gasteiger partial charge in [-0.3, -0.25) is 28.9 Å². The third-order valence-electron chi connectivity index (χ3n) is 11.8. The predicted octanol–water partition coefficient (Wildman–Crippen LogP) is 5.72. The highest BCUT2D eigenvalue weighted by Gasteiger charge is 2.28. The van der Waals surface area contributed by atoms with E-state index in [0.717, 1.165) is 11.1 Å². The molecule has 2 fully saturated rings. The van der Waals surface area contributed by atoms with Crippen molar-refractivity contribution in [3.63, 3.8) is 0 Å². The van der Waals surface area contributed by atoms with E-state index < -0.39 is 11.6 Å². The molecule has 6 aromatic heterocycles. The maximum atomic E-state index is 15.5. The lowest BCUT2D eigenvalue weighted by atomic mass is 10.1. The zero-order valence-electron chi connectivity index (χ0n) is 40.1. The third-order valence-corrected chi connectivity index (χ3v) is 11.8. The molecule has 2 aromatic carbocycles. The molecule has 0 bridgehead atoms. The van der Waals surface area contributed by atoms with Crippen molar-refractivity contribution in [3.05, 3.63) is 103 Å². The minimum Gasteiger partial charge on any atom is -0.497 e. The SMILES string of the molecule is COc1cc(N=c2ccc3ncc(-c4cnn(C)c4)nc3n2CC2CCC(=O)N2)c(F)c(OC)c1.COc1cc(OC)c(F)c(N(CC2CCC(=O)N2)c2ccc3ncc(-c4cnn(C)c4)nc3n2)c1.S.S. The van der Waals surface area contributed by atoms with Gasteiger partial charge in [-0.15, -0.1) is 0 Å². The molecule has 0 aliphatic carbocycles. The first-order chi connectivity index (χ1) is 33.9. The van der Waals surface area contributed by atoms with Crippen molar-refractivity contribution in [1.29, 1.82) is 0 Å². The topological polar surface area (TPSA) is 216 Å². The molecule has 2 atom stereocenters. The van der Waals surface area contributed by atoms with Crippen molar-refractivity contribution >= 4 is 78.3 Å². The fourth-order valence-electron chi connectivity index (χ4n) is 8.19. The lowest BCUT2D eigenvalue weighted by Crippen LogP contribution is -2.37. The molecule has 376 valence electrons. The number of benzene rings is 2. The Morgan fingerprint density at radius 3 is 1.86 bits per heavy atom. The molecule has 2 aliphatic heterocycles. The van der Waals surface area contributed by atoms with Gasteiger partial charge < -0.3 is 39.0 Å². The van der Waals surface area contributed by atoms with Crippen LogP contribution < -0.4 is 40.0 Å². The van der Waals surface area contributed by atoms with Crippen LogP contribution in [0.5, 0.6) is 23.0 Å². The molecule has 20 nitrogen and oxygen atoms in total. The largest absolute Gasteiger partial charge is 0.497 e. The monoisotopic (exact) mass is 1020 g/mol. The predicted molar refractivity (Wildman–Crippen MR) is 274 cm³/mol. The van der Waals surface area contributed by atoms with Crippen LogP contribution in [-0.2, 0) is 30.2 Å². The number of carbonyl (C=O) groups excluding carboxylic acids is 2. The highest BCUT2D eigenvalue weighted by Crippen LogP contribution is 2.37. The number of fused-ring (bicyclic) bond motifs is 2. The van der Waals surface area contributed by atoms with E-state index in [1.807, 2.05) is 31.1 Å². The number of carbonyl (C=O) groups is 2. The zero-order chi connectivity index (χ0) is 49.1. The van der Waals surface area contributed by atoms with Crippen LogP contribution in [0.3, 0.4) is 0 Å². The minimum absolute atomic E-state index is 0. The van der Waals surface area contributed by atoms with Gasteiger partial charge in [0.1, 0.15) is 39.5 Å². The molecule has 2 saturated heterocycles. The smallest absolute Gasteiger partial charge is 0.220 e. The highest BCUT2D eigenvalue weighted by atomic mass is 32.1. The van der Waals surface area contributed by atoms with Crippen molar-refractivity contribution in [3.8, 4) is 45.5 Å². The number of hydrogen-bond acceptors (Lipinski definition) is 15. The van der Waals surface area contributed by atoms with Crippen molar-refractivity contribution < 1.29 is 37.3 Å². The van der Waals surface area contributed by atoms with E-state index >= 15 is 8.78 Å². The van der Waals surface area contributed by atoms with E-state index in [-0.39, 0.29) is 73.8 Å². The van der Waals surface area contributed by atoms with Crippen LogP contribution in [0.2, 0.25) is 0 Å². The van der Waals surface area contributed by atoms with Gasteiger partial charge in [-0.2, -0.15) is 37.2 Å². The number of methoxy groups -OCH3 is 4. The zero-order valence-corrected chi connectivity index (χ0v) is 42.1. The molecule has 10 rings (SSSR count). The number of nitrogens with one attached hydrogen (secondary N) is 2. The fourth-order valence-corrected chi connectivity index (χ4v) is 8.19. The average Bonchev–Trinajstić information content (AvgIpc) is 4.21. The summed E-state index contributed by atoms with van der Waals surface area (Å²) in [5, 5.41) is 14.3. The van der Waals surface area contributed by atoms with Gasteiger partial charge in [-0.1, -0.05) is 0 Å². The molecule has 8 aromatic rings. The maximum Gasteiger partial charge on any atom is 0.220 e. The Labute approximate surface area is 425 Å². The molecule has 24 heteroatoms. The molecular weight excluding hydrogens is 971 g/mol. The van der Waals surface area contributed by atoms with Gasteiger partial charge in [0, 0.05) is 99.9 Å². The first-order valence-corrected chi connectivity index (χ1v) is 22.1. The second-order valence-electron chi connectivity index (χ2n) is 16.5. The summed E-state index contributed by atoms with van der Waals surface area (Å²) in [6.45, 7) is 0.697. The Morgan fingerprint density at radius 2 is 1.28 bits per heavy atom. The van der Waals surface area contributed by atoms with Gasteiger partial charge in [0.05, 0.1) is 70.3 Å². The fraction of sp³-hybridized carbons (Fsp3) is 0.292. The molecule has 2 N–H and O–H groups in total. The number of aromatic nitrogens is 10. The van der Waals surface area contributed by atoms with E-state index in [4.69, 9.17) is 28.9 Å². The summed E-state index contributed by atoms with van der Waals surface area (Å²) in [4.78, 5) is 53.3. The van der Waals surface area contributed by atoms with Crippen LogP contribution in [0.4, 0.5) is 26.0 Å². The van der Waals surface area contributed by atoms with Crippen LogP contribution in [0.25, 0.3) is 44.8 Å². The van der Waals surface area contributed by atoms with E-state index in [0.29, 0.717) is 95.3 Å². The Morgan fingerprint density at radius 1 is 0.694 bits per heavy atom. The highest BCUT2D eigenvalue weighted by molar-refractivity contribution is 7.59. The number of halogens is 2. The molecule has 0 saturated carbocycles. The first kappa shape index (κ1) is 52.0.